The molecular weight excluding hydrogens is 698 g/mol. The molecule has 2 fully saturated rings. The van der Waals surface area contributed by atoms with Gasteiger partial charge in [-0.05, 0) is 49.6 Å². The fraction of sp³-hybridized carbons (Fsp3) is 0.417. The largest absolute Gasteiger partial charge is 0.480 e. The highest BCUT2D eigenvalue weighted by molar-refractivity contribution is 7.91. The van der Waals surface area contributed by atoms with E-state index >= 15 is 0 Å². The van der Waals surface area contributed by atoms with Crippen molar-refractivity contribution in [3.63, 3.8) is 0 Å². The predicted molar refractivity (Wildman–Crippen MR) is 185 cm³/mol. The Morgan fingerprint density at radius 1 is 1.06 bits per heavy atom. The van der Waals surface area contributed by atoms with Gasteiger partial charge in [0.05, 0.1) is 42.3 Å². The number of ether oxygens (including phenoxy) is 2. The Bertz CT molecular complexity index is 2030. The standard InChI is InChI=1S/C36H40F2N6O7S/c1-22-31(18-28(45)15-25-21-43(11-12-49-2)51-33(25)24-17-30(37)34(38)39-20-24)44(27-7-5-4-6-8-27)42-32(22)23-16-29(36(50-3)40-19-23)35(46)41-26-9-13-52(47,48)14-10-26/h4-8,16-17,19-20,25-26,33H,9-15,18,21H2,1-3H3,(H,41,46)/t25-,33+/m1/s1. The molecule has 276 valence electrons. The number of para-hydroxylation sites is 1. The van der Waals surface area contributed by atoms with Crippen molar-refractivity contribution in [1.82, 2.24) is 30.1 Å². The fourth-order valence-electron chi connectivity index (χ4n) is 6.63. The number of aromatic nitrogens is 4. The molecule has 52 heavy (non-hydrogen) atoms. The molecule has 0 spiro atoms. The lowest BCUT2D eigenvalue weighted by Crippen LogP contribution is -2.41. The third-order valence-corrected chi connectivity index (χ3v) is 11.1. The number of rotatable bonds is 13. The van der Waals surface area contributed by atoms with Crippen LogP contribution in [0.4, 0.5) is 8.78 Å². The summed E-state index contributed by atoms with van der Waals surface area (Å²) in [4.78, 5) is 41.4. The van der Waals surface area contributed by atoms with Gasteiger partial charge in [0.2, 0.25) is 11.8 Å². The first-order valence-electron chi connectivity index (χ1n) is 16.9. The molecule has 0 unspecified atom stereocenters. The molecule has 2 aliphatic heterocycles. The number of benzene rings is 1. The average molecular weight is 739 g/mol. The quantitative estimate of drug-likeness (QED) is 0.198. The van der Waals surface area contributed by atoms with Gasteiger partial charge in [0.15, 0.2) is 5.82 Å². The summed E-state index contributed by atoms with van der Waals surface area (Å²) in [6, 6.07) is 11.7. The number of carbonyl (C=O) groups is 2. The molecule has 1 amide bonds. The number of halogens is 2. The topological polar surface area (TPSA) is 155 Å². The lowest BCUT2D eigenvalue weighted by atomic mass is 9.91. The number of hydrogen-bond donors (Lipinski definition) is 1. The maximum absolute atomic E-state index is 14.2. The van der Waals surface area contributed by atoms with Crippen molar-refractivity contribution in [3.8, 4) is 22.8 Å². The number of Topliss-reactive ketones (excluding diaryl/α,β-unsaturated/α-hetero) is 1. The van der Waals surface area contributed by atoms with Crippen LogP contribution < -0.4 is 10.1 Å². The average Bonchev–Trinajstić information content (AvgIpc) is 3.69. The molecule has 0 saturated carbocycles. The Kier molecular flexibility index (Phi) is 11.4. The van der Waals surface area contributed by atoms with Gasteiger partial charge in [0, 0.05) is 68.5 Å². The zero-order valence-electron chi connectivity index (χ0n) is 29.1. The predicted octanol–water partition coefficient (Wildman–Crippen LogP) is 3.98. The van der Waals surface area contributed by atoms with Gasteiger partial charge in [-0.15, -0.1) is 0 Å². The van der Waals surface area contributed by atoms with Gasteiger partial charge in [-0.25, -0.2) is 27.5 Å². The normalized spacial score (nSPS) is 19.1. The van der Waals surface area contributed by atoms with E-state index in [9.17, 15) is 26.8 Å². The zero-order chi connectivity index (χ0) is 37.0. The van der Waals surface area contributed by atoms with Crippen LogP contribution in [0.3, 0.4) is 0 Å². The lowest BCUT2D eigenvalue weighted by molar-refractivity contribution is -0.155. The van der Waals surface area contributed by atoms with Crippen molar-refractivity contribution in [2.45, 2.75) is 44.8 Å². The minimum atomic E-state index is -3.11. The Hall–Kier alpha value is -4.64. The molecule has 1 N–H and O–H groups in total. The van der Waals surface area contributed by atoms with E-state index in [-0.39, 0.29) is 53.5 Å². The van der Waals surface area contributed by atoms with Crippen LogP contribution in [-0.2, 0) is 30.6 Å². The Morgan fingerprint density at radius 2 is 1.81 bits per heavy atom. The van der Waals surface area contributed by atoms with E-state index in [1.54, 1.807) is 29.1 Å². The van der Waals surface area contributed by atoms with E-state index in [1.807, 2.05) is 37.3 Å². The van der Waals surface area contributed by atoms with Gasteiger partial charge in [0.1, 0.15) is 27.3 Å². The van der Waals surface area contributed by atoms with Gasteiger partial charge < -0.3 is 14.8 Å². The molecule has 5 heterocycles. The zero-order valence-corrected chi connectivity index (χ0v) is 29.9. The van der Waals surface area contributed by atoms with Crippen LogP contribution in [0.25, 0.3) is 16.9 Å². The Balaban J connectivity index is 1.28. The molecule has 2 atom stereocenters. The fourth-order valence-corrected chi connectivity index (χ4v) is 8.12. The van der Waals surface area contributed by atoms with Crippen molar-refractivity contribution in [2.75, 3.05) is 45.4 Å². The maximum atomic E-state index is 14.2. The summed E-state index contributed by atoms with van der Waals surface area (Å²) in [7, 11) is -0.137. The van der Waals surface area contributed by atoms with Crippen molar-refractivity contribution < 1.29 is 41.1 Å². The monoisotopic (exact) mass is 738 g/mol. The van der Waals surface area contributed by atoms with Crippen molar-refractivity contribution >= 4 is 21.5 Å². The summed E-state index contributed by atoms with van der Waals surface area (Å²) in [6.45, 7) is 2.99. The second-order valence-corrected chi connectivity index (χ2v) is 15.3. The Labute approximate surface area is 300 Å². The number of nitrogens with one attached hydrogen (secondary N) is 1. The molecule has 2 aliphatic rings. The second kappa shape index (κ2) is 15.9. The summed E-state index contributed by atoms with van der Waals surface area (Å²) in [5.41, 5.74) is 3.53. The summed E-state index contributed by atoms with van der Waals surface area (Å²) in [6.07, 6.45) is 2.73. The Morgan fingerprint density at radius 3 is 2.50 bits per heavy atom. The smallest absolute Gasteiger partial charge is 0.257 e. The van der Waals surface area contributed by atoms with Crippen LogP contribution in [0.1, 0.15) is 52.5 Å². The van der Waals surface area contributed by atoms with Gasteiger partial charge in [-0.1, -0.05) is 18.2 Å². The van der Waals surface area contributed by atoms with Crippen LogP contribution in [0.2, 0.25) is 0 Å². The highest BCUT2D eigenvalue weighted by atomic mass is 32.2. The molecule has 1 aromatic carbocycles. The number of amides is 1. The number of hydroxylamine groups is 2. The van der Waals surface area contributed by atoms with Gasteiger partial charge in [-0.3, -0.25) is 14.4 Å². The van der Waals surface area contributed by atoms with Crippen LogP contribution in [0.5, 0.6) is 5.88 Å². The van der Waals surface area contributed by atoms with E-state index < -0.39 is 33.6 Å². The van der Waals surface area contributed by atoms with Gasteiger partial charge in [0.25, 0.3) is 5.91 Å². The molecular formula is C36H40F2N6O7S. The molecule has 4 aromatic rings. The van der Waals surface area contributed by atoms with E-state index in [2.05, 4.69) is 15.3 Å². The van der Waals surface area contributed by atoms with E-state index in [0.717, 1.165) is 6.07 Å². The van der Waals surface area contributed by atoms with Gasteiger partial charge >= 0.3 is 0 Å². The van der Waals surface area contributed by atoms with Crippen LogP contribution in [-0.4, -0.2) is 96.4 Å². The number of hydrogen-bond acceptors (Lipinski definition) is 11. The minimum absolute atomic E-state index is 0.00738. The summed E-state index contributed by atoms with van der Waals surface area (Å²) in [5, 5.41) is 9.48. The van der Waals surface area contributed by atoms with Crippen LogP contribution >= 0.6 is 0 Å². The van der Waals surface area contributed by atoms with Gasteiger partial charge in [-0.2, -0.15) is 14.6 Å². The number of pyridine rings is 2. The molecule has 0 aliphatic carbocycles. The van der Waals surface area contributed by atoms with Crippen molar-refractivity contribution in [1.29, 1.82) is 0 Å². The third-order valence-electron chi connectivity index (χ3n) is 9.37. The van der Waals surface area contributed by atoms with E-state index in [4.69, 9.17) is 19.4 Å². The van der Waals surface area contributed by atoms with Crippen LogP contribution in [0, 0.1) is 24.6 Å². The molecule has 13 nitrogen and oxygen atoms in total. The number of methoxy groups -OCH3 is 2. The molecule has 16 heteroatoms. The van der Waals surface area contributed by atoms with Crippen LogP contribution in [0.15, 0.2) is 54.9 Å². The van der Waals surface area contributed by atoms with Crippen molar-refractivity contribution in [2.24, 2.45) is 5.92 Å². The second-order valence-electron chi connectivity index (χ2n) is 13.0. The molecule has 0 radical (unpaired) electrons. The summed E-state index contributed by atoms with van der Waals surface area (Å²) >= 11 is 0. The van der Waals surface area contributed by atoms with E-state index in [1.165, 1.54) is 13.3 Å². The number of nitrogens with zero attached hydrogens (tertiary/aromatic N) is 5. The maximum Gasteiger partial charge on any atom is 0.257 e. The first-order chi connectivity index (χ1) is 25.0. The number of carbonyl (C=O) groups excluding carboxylic acids is 2. The minimum Gasteiger partial charge on any atom is -0.480 e. The lowest BCUT2D eigenvalue weighted by Gasteiger charge is -2.23. The number of sulfone groups is 1. The SMILES string of the molecule is COCCN1C[C@@H](CC(=O)Cc2c(C)c(-c3cnc(OC)c(C(=O)NC4CCS(=O)(=O)CC4)c3)nn2-c2ccccc2)[C@H](c2cnc(F)c(F)c2)O1. The molecule has 0 bridgehead atoms. The number of ketones is 1. The highest BCUT2D eigenvalue weighted by Crippen LogP contribution is 2.37. The molecule has 6 rings (SSSR count). The van der Waals surface area contributed by atoms with E-state index in [0.29, 0.717) is 66.3 Å². The first kappa shape index (κ1) is 37.1. The molecule has 3 aromatic heterocycles. The summed E-state index contributed by atoms with van der Waals surface area (Å²) in [5.74, 6) is -3.17. The third kappa shape index (κ3) is 8.36. The van der Waals surface area contributed by atoms with Crippen molar-refractivity contribution in [3.05, 3.63) is 89.0 Å². The first-order valence-corrected chi connectivity index (χ1v) is 18.7. The molecule has 2 saturated heterocycles. The highest BCUT2D eigenvalue weighted by Gasteiger charge is 2.37. The summed E-state index contributed by atoms with van der Waals surface area (Å²) < 4.78 is 63.9.